The Kier molecular flexibility index (Phi) is 4.37. The first kappa shape index (κ1) is 19.4. The summed E-state index contributed by atoms with van der Waals surface area (Å²) in [6.07, 6.45) is 5.38. The Morgan fingerprint density at radius 2 is 1.81 bits per heavy atom. The molecule has 3 nitrogen and oxygen atoms in total. The van der Waals surface area contributed by atoms with Gasteiger partial charge in [-0.25, -0.2) is 0 Å². The van der Waals surface area contributed by atoms with Crippen LogP contribution in [0.4, 0.5) is 0 Å². The largest absolute Gasteiger partial charge is 0.469 e. The van der Waals surface area contributed by atoms with E-state index in [9.17, 15) is 0 Å². The average Bonchev–Trinajstić information content (AvgIpc) is 3.35. The van der Waals surface area contributed by atoms with Crippen molar-refractivity contribution in [2.24, 2.45) is 0 Å². The van der Waals surface area contributed by atoms with Crippen molar-refractivity contribution in [3.05, 3.63) is 84.5 Å². The lowest BCUT2D eigenvalue weighted by Crippen LogP contribution is -2.12. The van der Waals surface area contributed by atoms with E-state index in [1.54, 1.807) is 6.26 Å². The van der Waals surface area contributed by atoms with Crippen molar-refractivity contribution < 1.29 is 8.83 Å². The van der Waals surface area contributed by atoms with Crippen molar-refractivity contribution in [3.63, 3.8) is 0 Å². The van der Waals surface area contributed by atoms with E-state index >= 15 is 0 Å². The van der Waals surface area contributed by atoms with Crippen LogP contribution in [0.3, 0.4) is 0 Å². The molecule has 3 heteroatoms. The van der Waals surface area contributed by atoms with Gasteiger partial charge >= 0.3 is 0 Å². The summed E-state index contributed by atoms with van der Waals surface area (Å²) in [6.45, 7) is 12.7. The van der Waals surface area contributed by atoms with Crippen LogP contribution in [0.1, 0.15) is 37.7 Å². The van der Waals surface area contributed by atoms with Gasteiger partial charge in [0.15, 0.2) is 0 Å². The molecule has 154 valence electrons. The van der Waals surface area contributed by atoms with Crippen molar-refractivity contribution in [1.82, 2.24) is 4.98 Å². The van der Waals surface area contributed by atoms with Crippen LogP contribution in [0.5, 0.6) is 0 Å². The molecule has 0 atom stereocenters. The number of aryl methyl sites for hydroxylation is 1. The van der Waals surface area contributed by atoms with Gasteiger partial charge in [-0.1, -0.05) is 57.7 Å². The van der Waals surface area contributed by atoms with E-state index in [0.717, 1.165) is 44.9 Å². The van der Waals surface area contributed by atoms with Crippen molar-refractivity contribution in [1.29, 1.82) is 0 Å². The van der Waals surface area contributed by atoms with Gasteiger partial charge in [0.25, 0.3) is 0 Å². The molecule has 0 N–H and O–H groups in total. The molecule has 0 aliphatic carbocycles. The van der Waals surface area contributed by atoms with Crippen LogP contribution in [0.25, 0.3) is 50.4 Å². The molecular weight excluding hydrogens is 382 g/mol. The topological polar surface area (TPSA) is 39.2 Å². The number of rotatable bonds is 3. The number of pyridine rings is 1. The number of furan rings is 2. The molecule has 0 amide bonds. The van der Waals surface area contributed by atoms with Crippen LogP contribution >= 0.6 is 0 Å². The second-order valence-electron chi connectivity index (χ2n) is 9.02. The fourth-order valence-corrected chi connectivity index (χ4v) is 4.33. The molecule has 0 unspecified atom stereocenters. The van der Waals surface area contributed by atoms with E-state index in [2.05, 4.69) is 63.7 Å². The summed E-state index contributed by atoms with van der Waals surface area (Å²) >= 11 is 0. The van der Waals surface area contributed by atoms with Gasteiger partial charge in [-0.3, -0.25) is 4.98 Å². The second-order valence-corrected chi connectivity index (χ2v) is 9.02. The van der Waals surface area contributed by atoms with E-state index < -0.39 is 0 Å². The quantitative estimate of drug-likeness (QED) is 0.303. The predicted octanol–water partition coefficient (Wildman–Crippen LogP) is 8.16. The van der Waals surface area contributed by atoms with Crippen LogP contribution in [-0.4, -0.2) is 4.98 Å². The van der Waals surface area contributed by atoms with Crippen molar-refractivity contribution in [3.8, 4) is 22.6 Å². The Labute approximate surface area is 182 Å². The number of aromatic nitrogens is 1. The normalized spacial score (nSPS) is 12.0. The maximum atomic E-state index is 6.27. The second kappa shape index (κ2) is 6.98. The minimum Gasteiger partial charge on any atom is -0.469 e. The molecule has 2 aromatic carbocycles. The van der Waals surface area contributed by atoms with Crippen molar-refractivity contribution in [2.45, 2.75) is 33.1 Å². The first-order valence-electron chi connectivity index (χ1n) is 10.5. The minimum atomic E-state index is 0.000647. The zero-order valence-corrected chi connectivity index (χ0v) is 18.3. The summed E-state index contributed by atoms with van der Waals surface area (Å²) in [5, 5.41) is 3.45. The molecule has 0 spiro atoms. The molecule has 0 saturated heterocycles. The van der Waals surface area contributed by atoms with Gasteiger partial charge in [0, 0.05) is 17.3 Å². The van der Waals surface area contributed by atoms with E-state index in [1.807, 2.05) is 31.3 Å². The lowest BCUT2D eigenvalue weighted by atomic mass is 9.82. The number of nitrogens with zero attached hydrogens (tertiary/aromatic N) is 1. The summed E-state index contributed by atoms with van der Waals surface area (Å²) in [7, 11) is 0. The maximum absolute atomic E-state index is 6.27. The molecule has 3 heterocycles. The maximum Gasteiger partial charge on any atom is 0.145 e. The molecule has 5 rings (SSSR count). The van der Waals surface area contributed by atoms with Crippen molar-refractivity contribution >= 4 is 27.8 Å². The number of hydrogen-bond acceptors (Lipinski definition) is 3. The van der Waals surface area contributed by atoms with Crippen LogP contribution in [0, 0.1) is 6.92 Å². The molecule has 0 saturated carbocycles. The lowest BCUT2D eigenvalue weighted by molar-refractivity contribution is 0.533. The SMILES string of the molecule is C=Cc1c(-c2coc(C)c2)oc2ccnc(-c3cc(C(C)(C)C)c4ccccc4c3)c12. The highest BCUT2D eigenvalue weighted by Crippen LogP contribution is 2.41. The summed E-state index contributed by atoms with van der Waals surface area (Å²) in [5.41, 5.74) is 5.91. The van der Waals surface area contributed by atoms with Crippen LogP contribution in [0.2, 0.25) is 0 Å². The van der Waals surface area contributed by atoms with Gasteiger partial charge in [0.2, 0.25) is 0 Å². The van der Waals surface area contributed by atoms with Gasteiger partial charge in [-0.05, 0) is 52.9 Å². The van der Waals surface area contributed by atoms with Crippen LogP contribution in [-0.2, 0) is 5.41 Å². The number of fused-ring (bicyclic) bond motifs is 2. The van der Waals surface area contributed by atoms with E-state index in [0.29, 0.717) is 0 Å². The van der Waals surface area contributed by atoms with Gasteiger partial charge in [0.1, 0.15) is 23.4 Å². The highest BCUT2D eigenvalue weighted by Gasteiger charge is 2.22. The Morgan fingerprint density at radius 1 is 1.00 bits per heavy atom. The molecule has 31 heavy (non-hydrogen) atoms. The number of hydrogen-bond donors (Lipinski definition) is 0. The molecule has 0 bridgehead atoms. The monoisotopic (exact) mass is 407 g/mol. The molecular formula is C28H25NO2. The highest BCUT2D eigenvalue weighted by atomic mass is 16.3. The molecule has 0 aliphatic rings. The highest BCUT2D eigenvalue weighted by molar-refractivity contribution is 6.03. The Balaban J connectivity index is 1.83. The molecule has 5 aromatic rings. The van der Waals surface area contributed by atoms with Gasteiger partial charge < -0.3 is 8.83 Å². The first-order valence-corrected chi connectivity index (χ1v) is 10.5. The van der Waals surface area contributed by atoms with E-state index in [1.165, 1.54) is 16.3 Å². The first-order chi connectivity index (χ1) is 14.9. The van der Waals surface area contributed by atoms with Gasteiger partial charge in [-0.15, -0.1) is 0 Å². The van der Waals surface area contributed by atoms with Crippen LogP contribution in [0.15, 0.2) is 76.4 Å². The zero-order valence-electron chi connectivity index (χ0n) is 18.3. The fraction of sp³-hybridized carbons (Fsp3) is 0.179. The summed E-state index contributed by atoms with van der Waals surface area (Å²) in [6, 6.07) is 16.9. The lowest BCUT2D eigenvalue weighted by Gasteiger charge is -2.22. The molecule has 3 aromatic heterocycles. The van der Waals surface area contributed by atoms with E-state index in [-0.39, 0.29) is 5.41 Å². The van der Waals surface area contributed by atoms with Gasteiger partial charge in [-0.2, -0.15) is 0 Å². The Hall–Kier alpha value is -3.59. The van der Waals surface area contributed by atoms with E-state index in [4.69, 9.17) is 13.8 Å². The average molecular weight is 408 g/mol. The summed E-state index contributed by atoms with van der Waals surface area (Å²) < 4.78 is 11.8. The molecule has 0 radical (unpaired) electrons. The number of benzene rings is 2. The fourth-order valence-electron chi connectivity index (χ4n) is 4.33. The standard InChI is InChI=1S/C28H25NO2/c1-6-21-25-24(31-27(21)20-13-17(2)30-16-20)11-12-29-26(25)19-14-18-9-7-8-10-22(18)23(15-19)28(3,4)5/h6-16H,1H2,2-5H3. The van der Waals surface area contributed by atoms with Crippen molar-refractivity contribution in [2.75, 3.05) is 0 Å². The third kappa shape index (κ3) is 3.17. The minimum absolute atomic E-state index is 0.000647. The van der Waals surface area contributed by atoms with Crippen LogP contribution < -0.4 is 0 Å². The molecule has 0 fully saturated rings. The molecule has 0 aliphatic heterocycles. The Bertz CT molecular complexity index is 1440. The predicted molar refractivity (Wildman–Crippen MR) is 128 cm³/mol. The Morgan fingerprint density at radius 3 is 2.52 bits per heavy atom. The van der Waals surface area contributed by atoms with Gasteiger partial charge in [0.05, 0.1) is 16.6 Å². The zero-order chi connectivity index (χ0) is 21.8. The summed E-state index contributed by atoms with van der Waals surface area (Å²) in [5.74, 6) is 1.60. The third-order valence-electron chi connectivity index (χ3n) is 5.78. The smallest absolute Gasteiger partial charge is 0.145 e. The summed E-state index contributed by atoms with van der Waals surface area (Å²) in [4.78, 5) is 4.80. The third-order valence-corrected chi connectivity index (χ3v) is 5.78.